The molecule has 3 rings (SSSR count). The van der Waals surface area contributed by atoms with Gasteiger partial charge in [-0.1, -0.05) is 0 Å². The fraction of sp³-hybridized carbons (Fsp3) is 0.812. The second-order valence-corrected chi connectivity index (χ2v) is 6.83. The lowest BCUT2D eigenvalue weighted by Gasteiger charge is -2.33. The van der Waals surface area contributed by atoms with Gasteiger partial charge in [-0.05, 0) is 32.1 Å². The maximum Gasteiger partial charge on any atom is 0.322 e. The highest BCUT2D eigenvalue weighted by Crippen LogP contribution is 2.17. The molecule has 0 radical (unpaired) electrons. The van der Waals surface area contributed by atoms with Gasteiger partial charge in [0.05, 0.1) is 6.10 Å². The minimum atomic E-state index is -0.587. The molecule has 0 aromatic heterocycles. The molecule has 0 bridgehead atoms. The van der Waals surface area contributed by atoms with Crippen LogP contribution in [0.5, 0.6) is 0 Å². The molecule has 3 saturated heterocycles. The molecule has 0 spiro atoms. The van der Waals surface area contributed by atoms with Gasteiger partial charge in [0.2, 0.25) is 5.91 Å². The van der Waals surface area contributed by atoms with Crippen molar-refractivity contribution in [2.45, 2.75) is 56.7 Å². The van der Waals surface area contributed by atoms with Gasteiger partial charge in [0.1, 0.15) is 6.04 Å². The summed E-state index contributed by atoms with van der Waals surface area (Å²) in [4.78, 5) is 36.9. The van der Waals surface area contributed by atoms with Crippen LogP contribution in [0.2, 0.25) is 0 Å². The smallest absolute Gasteiger partial charge is 0.322 e. The van der Waals surface area contributed by atoms with Gasteiger partial charge in [0.15, 0.2) is 0 Å². The van der Waals surface area contributed by atoms with E-state index in [4.69, 9.17) is 4.74 Å². The number of hydrogen-bond donors (Lipinski definition) is 3. The zero-order chi connectivity index (χ0) is 16.9. The molecular weight excluding hydrogens is 312 g/mol. The molecule has 3 aliphatic rings. The third kappa shape index (κ3) is 4.67. The Morgan fingerprint density at radius 3 is 2.67 bits per heavy atom. The third-order valence-electron chi connectivity index (χ3n) is 4.96. The minimum Gasteiger partial charge on any atom is -0.377 e. The fourth-order valence-electron chi connectivity index (χ4n) is 3.57. The van der Waals surface area contributed by atoms with E-state index in [1.165, 1.54) is 0 Å². The number of rotatable bonds is 6. The van der Waals surface area contributed by atoms with Crippen LogP contribution in [0.1, 0.15) is 38.5 Å². The molecular formula is C16H26N4O4. The van der Waals surface area contributed by atoms with Crippen molar-refractivity contribution < 1.29 is 19.1 Å². The van der Waals surface area contributed by atoms with E-state index in [-0.39, 0.29) is 24.3 Å². The van der Waals surface area contributed by atoms with Crippen LogP contribution in [0.4, 0.5) is 4.79 Å². The topological polar surface area (TPSA) is 99.8 Å². The summed E-state index contributed by atoms with van der Waals surface area (Å²) in [5, 5.41) is 7.72. The van der Waals surface area contributed by atoms with E-state index in [9.17, 15) is 14.4 Å². The summed E-state index contributed by atoms with van der Waals surface area (Å²) in [6.45, 7) is 3.84. The van der Waals surface area contributed by atoms with Crippen LogP contribution in [0, 0.1) is 0 Å². The molecule has 0 aliphatic carbocycles. The Morgan fingerprint density at radius 2 is 2.04 bits per heavy atom. The van der Waals surface area contributed by atoms with E-state index in [0.29, 0.717) is 12.5 Å². The first kappa shape index (κ1) is 17.2. The number of ether oxygens (including phenoxy) is 1. The Kier molecular flexibility index (Phi) is 5.68. The van der Waals surface area contributed by atoms with Crippen molar-refractivity contribution in [1.82, 2.24) is 20.9 Å². The number of nitrogens with one attached hydrogen (secondary N) is 3. The molecule has 0 unspecified atom stereocenters. The number of urea groups is 1. The highest BCUT2D eigenvalue weighted by Gasteiger charge is 2.30. The Bertz CT molecular complexity index is 484. The summed E-state index contributed by atoms with van der Waals surface area (Å²) in [6.07, 6.45) is 5.16. The molecule has 8 heteroatoms. The van der Waals surface area contributed by atoms with Crippen LogP contribution >= 0.6 is 0 Å². The lowest BCUT2D eigenvalue weighted by atomic mass is 10.0. The van der Waals surface area contributed by atoms with Gasteiger partial charge >= 0.3 is 6.03 Å². The van der Waals surface area contributed by atoms with Crippen molar-refractivity contribution in [2.24, 2.45) is 0 Å². The van der Waals surface area contributed by atoms with Gasteiger partial charge in [0.25, 0.3) is 5.91 Å². The Morgan fingerprint density at radius 1 is 1.25 bits per heavy atom. The molecule has 4 amide bonds. The van der Waals surface area contributed by atoms with E-state index < -0.39 is 12.1 Å². The molecule has 0 aromatic carbocycles. The van der Waals surface area contributed by atoms with Crippen molar-refractivity contribution >= 4 is 17.8 Å². The summed E-state index contributed by atoms with van der Waals surface area (Å²) >= 11 is 0. The predicted molar refractivity (Wildman–Crippen MR) is 86.3 cm³/mol. The summed E-state index contributed by atoms with van der Waals surface area (Å²) in [5.41, 5.74) is 0. The number of carbonyl (C=O) groups is 3. The van der Waals surface area contributed by atoms with Gasteiger partial charge < -0.3 is 20.3 Å². The lowest BCUT2D eigenvalue weighted by Crippen LogP contribution is -2.46. The van der Waals surface area contributed by atoms with Crippen molar-refractivity contribution in [1.29, 1.82) is 0 Å². The highest BCUT2D eigenvalue weighted by molar-refractivity contribution is 6.04. The maximum absolute atomic E-state index is 12.0. The van der Waals surface area contributed by atoms with Crippen LogP contribution in [0.15, 0.2) is 0 Å². The van der Waals surface area contributed by atoms with E-state index >= 15 is 0 Å². The van der Waals surface area contributed by atoms with Crippen LogP contribution in [-0.4, -0.2) is 67.2 Å². The summed E-state index contributed by atoms with van der Waals surface area (Å²) in [7, 11) is 0. The SMILES string of the molecule is O=C(CC[C@H]1NC(=O)NC1=O)NC1CCN(C[C@@H]2CCCO2)CC1. The van der Waals surface area contributed by atoms with Gasteiger partial charge in [-0.3, -0.25) is 14.9 Å². The first-order valence-corrected chi connectivity index (χ1v) is 8.85. The van der Waals surface area contributed by atoms with Crippen LogP contribution in [0.25, 0.3) is 0 Å². The highest BCUT2D eigenvalue weighted by atomic mass is 16.5. The van der Waals surface area contributed by atoms with Gasteiger partial charge in [-0.15, -0.1) is 0 Å². The van der Waals surface area contributed by atoms with Crippen LogP contribution in [-0.2, 0) is 14.3 Å². The number of piperidine rings is 1. The molecule has 24 heavy (non-hydrogen) atoms. The molecule has 2 atom stereocenters. The van der Waals surface area contributed by atoms with E-state index in [2.05, 4.69) is 20.9 Å². The summed E-state index contributed by atoms with van der Waals surface area (Å²) in [5.74, 6) is -0.406. The second-order valence-electron chi connectivity index (χ2n) is 6.83. The summed E-state index contributed by atoms with van der Waals surface area (Å²) < 4.78 is 5.67. The van der Waals surface area contributed by atoms with Crippen molar-refractivity contribution in [3.05, 3.63) is 0 Å². The Balaban J connectivity index is 1.31. The first-order chi connectivity index (χ1) is 11.6. The normalized spacial score (nSPS) is 28.7. The number of hydrogen-bond acceptors (Lipinski definition) is 5. The second kappa shape index (κ2) is 7.94. The molecule has 3 aliphatic heterocycles. The Hall–Kier alpha value is -1.67. The molecule has 3 heterocycles. The van der Waals surface area contributed by atoms with Crippen LogP contribution in [0.3, 0.4) is 0 Å². The predicted octanol–water partition coefficient (Wildman–Crippen LogP) is -0.266. The fourth-order valence-corrected chi connectivity index (χ4v) is 3.57. The molecule has 0 aromatic rings. The number of amides is 4. The number of carbonyl (C=O) groups excluding carboxylic acids is 3. The van der Waals surface area contributed by atoms with E-state index in [1.807, 2.05) is 0 Å². The molecule has 3 N–H and O–H groups in total. The first-order valence-electron chi connectivity index (χ1n) is 8.85. The van der Waals surface area contributed by atoms with Crippen molar-refractivity contribution in [2.75, 3.05) is 26.2 Å². The van der Waals surface area contributed by atoms with E-state index in [1.54, 1.807) is 0 Å². The number of nitrogens with zero attached hydrogens (tertiary/aromatic N) is 1. The average molecular weight is 338 g/mol. The third-order valence-corrected chi connectivity index (χ3v) is 4.96. The van der Waals surface area contributed by atoms with Crippen molar-refractivity contribution in [3.8, 4) is 0 Å². The maximum atomic E-state index is 12.0. The van der Waals surface area contributed by atoms with Crippen molar-refractivity contribution in [3.63, 3.8) is 0 Å². The number of imide groups is 1. The average Bonchev–Trinajstić information content (AvgIpc) is 3.17. The zero-order valence-electron chi connectivity index (χ0n) is 13.9. The quantitative estimate of drug-likeness (QED) is 0.579. The van der Waals surface area contributed by atoms with Gasteiger partial charge in [-0.25, -0.2) is 4.79 Å². The van der Waals surface area contributed by atoms with Crippen LogP contribution < -0.4 is 16.0 Å². The Labute approximate surface area is 141 Å². The zero-order valence-corrected chi connectivity index (χ0v) is 13.9. The summed E-state index contributed by atoms with van der Waals surface area (Å²) in [6, 6.07) is -0.870. The van der Waals surface area contributed by atoms with E-state index in [0.717, 1.165) is 51.9 Å². The number of likely N-dealkylation sites (tertiary alicyclic amines) is 1. The standard InChI is InChI=1S/C16H26N4O4/c21-14(4-3-13-15(22)19-16(23)18-13)17-11-5-7-20(8-6-11)10-12-2-1-9-24-12/h11-13H,1-10H2,(H,17,21)(H2,18,19,22,23)/t12-,13+/m0/s1. The minimum absolute atomic E-state index is 0.0541. The van der Waals surface area contributed by atoms with Gasteiger partial charge in [-0.2, -0.15) is 0 Å². The molecule has 8 nitrogen and oxygen atoms in total. The molecule has 0 saturated carbocycles. The van der Waals surface area contributed by atoms with Gasteiger partial charge in [0, 0.05) is 38.7 Å². The largest absolute Gasteiger partial charge is 0.377 e. The molecule has 134 valence electrons. The monoisotopic (exact) mass is 338 g/mol. The molecule has 3 fully saturated rings. The lowest BCUT2D eigenvalue weighted by molar-refractivity contribution is -0.123.